The van der Waals surface area contributed by atoms with Crippen molar-refractivity contribution in [3.05, 3.63) is 85.3 Å². The number of hydrogen-bond donors (Lipinski definition) is 1. The third kappa shape index (κ3) is 5.61. The van der Waals surface area contributed by atoms with Gasteiger partial charge in [-0.05, 0) is 47.2 Å². The molecule has 0 spiro atoms. The zero-order valence-corrected chi connectivity index (χ0v) is 23.2. The number of nitrogens with zero attached hydrogens (tertiary/aromatic N) is 2. The highest BCUT2D eigenvalue weighted by Crippen LogP contribution is 2.50. The second-order valence-corrected chi connectivity index (χ2v) is 11.3. The molecule has 2 aromatic rings. The number of nitriles is 1. The summed E-state index contributed by atoms with van der Waals surface area (Å²) in [6.07, 6.45) is 1.00. The maximum atomic E-state index is 13.5. The predicted molar refractivity (Wildman–Crippen MR) is 145 cm³/mol. The smallest absolute Gasteiger partial charge is 0.162 e. The molecule has 0 fully saturated rings. The van der Waals surface area contributed by atoms with E-state index >= 15 is 0 Å². The van der Waals surface area contributed by atoms with Gasteiger partial charge in [0.2, 0.25) is 0 Å². The van der Waals surface area contributed by atoms with Crippen molar-refractivity contribution < 1.29 is 14.3 Å². The Bertz CT molecular complexity index is 1300. The van der Waals surface area contributed by atoms with E-state index in [0.717, 1.165) is 11.3 Å². The van der Waals surface area contributed by atoms with Crippen molar-refractivity contribution in [1.82, 2.24) is 4.90 Å². The first kappa shape index (κ1) is 27.3. The van der Waals surface area contributed by atoms with Gasteiger partial charge in [0.15, 0.2) is 11.5 Å². The van der Waals surface area contributed by atoms with Crippen LogP contribution in [0.3, 0.4) is 0 Å². The summed E-state index contributed by atoms with van der Waals surface area (Å²) in [6, 6.07) is 12.9. The van der Waals surface area contributed by atoms with Gasteiger partial charge in [0, 0.05) is 36.4 Å². The zero-order valence-electron chi connectivity index (χ0n) is 20.9. The van der Waals surface area contributed by atoms with Crippen molar-refractivity contribution >= 4 is 40.6 Å². The van der Waals surface area contributed by atoms with Crippen LogP contribution in [0.2, 0.25) is 15.1 Å². The molecule has 0 aromatic heterocycles. The van der Waals surface area contributed by atoms with Gasteiger partial charge in [0.1, 0.15) is 12.4 Å². The molecule has 37 heavy (non-hydrogen) atoms. The lowest BCUT2D eigenvalue weighted by Crippen LogP contribution is -2.43. The number of ketones is 1. The minimum absolute atomic E-state index is 0.0192. The molecular weight excluding hydrogens is 533 g/mol. The maximum absolute atomic E-state index is 13.5. The van der Waals surface area contributed by atoms with Gasteiger partial charge in [-0.1, -0.05) is 60.8 Å². The molecule has 2 N–H and O–H groups in total. The molecule has 4 rings (SSSR count). The third-order valence-corrected chi connectivity index (χ3v) is 7.47. The molecule has 0 saturated heterocycles. The average Bonchev–Trinajstić information content (AvgIpc) is 2.82. The molecule has 2 aliphatic rings. The van der Waals surface area contributed by atoms with Crippen LogP contribution in [0.4, 0.5) is 0 Å². The monoisotopic (exact) mass is 559 g/mol. The van der Waals surface area contributed by atoms with E-state index < -0.39 is 5.92 Å². The summed E-state index contributed by atoms with van der Waals surface area (Å²) in [5.74, 6) is -0.0682. The molecule has 1 heterocycles. The Labute approximate surface area is 232 Å². The molecule has 9 heteroatoms. The van der Waals surface area contributed by atoms with Gasteiger partial charge < -0.3 is 20.1 Å². The first-order chi connectivity index (χ1) is 17.6. The summed E-state index contributed by atoms with van der Waals surface area (Å²) in [7, 11) is 1.60. The second kappa shape index (κ2) is 11.0. The van der Waals surface area contributed by atoms with Crippen LogP contribution in [0, 0.1) is 16.7 Å². The van der Waals surface area contributed by atoms with Crippen LogP contribution in [-0.2, 0) is 16.1 Å². The van der Waals surface area contributed by atoms with Gasteiger partial charge in [-0.3, -0.25) is 4.79 Å². The van der Waals surface area contributed by atoms with Crippen LogP contribution in [0.5, 0.6) is 5.75 Å². The molecule has 0 radical (unpaired) electrons. The Morgan fingerprint density at radius 3 is 2.38 bits per heavy atom. The Morgan fingerprint density at radius 2 is 1.78 bits per heavy atom. The lowest BCUT2D eigenvalue weighted by Gasteiger charge is -2.43. The number of benzene rings is 2. The van der Waals surface area contributed by atoms with Crippen LogP contribution in [0.25, 0.3) is 0 Å². The Hall–Kier alpha value is -2.69. The van der Waals surface area contributed by atoms with Crippen LogP contribution in [0.1, 0.15) is 43.7 Å². The predicted octanol–water partition coefficient (Wildman–Crippen LogP) is 6.61. The zero-order chi connectivity index (χ0) is 26.9. The minimum Gasteiger partial charge on any atom is -0.486 e. The molecule has 6 nitrogen and oxygen atoms in total. The number of methoxy groups -OCH3 is 1. The topological polar surface area (TPSA) is 88.6 Å². The fraction of sp³-hybridized carbons (Fsp3) is 0.357. The van der Waals surface area contributed by atoms with E-state index in [1.807, 2.05) is 17.0 Å². The van der Waals surface area contributed by atoms with Gasteiger partial charge in [-0.15, -0.1) is 0 Å². The standard InChI is InChI=1S/C28H28Cl3N3O3/c1-28(2)12-22-25(23(35)13-28)24(19(14-32)27(33)34(22)8-9-36-3)17-10-20(30)26(21(31)11-17)37-15-16-4-6-18(29)7-5-16/h4-7,10-11,24H,8-9,12-13,15,33H2,1-3H3/t24-/m1/s1. The SMILES string of the molecule is COCCN1C(N)=C(C#N)[C@@H](c2cc(Cl)c(OCc3ccc(Cl)cc3)c(Cl)c2)C2=C1CC(C)(C)CC2=O. The number of rotatable bonds is 7. The molecule has 194 valence electrons. The summed E-state index contributed by atoms with van der Waals surface area (Å²) >= 11 is 19.2. The van der Waals surface area contributed by atoms with E-state index in [-0.39, 0.29) is 33.4 Å². The second-order valence-electron chi connectivity index (χ2n) is 10.0. The third-order valence-electron chi connectivity index (χ3n) is 6.66. The molecule has 1 aliphatic carbocycles. The number of nitrogens with two attached hydrogens (primary N) is 1. The summed E-state index contributed by atoms with van der Waals surface area (Å²) in [6.45, 7) is 5.18. The quantitative estimate of drug-likeness (QED) is 0.410. The summed E-state index contributed by atoms with van der Waals surface area (Å²) in [4.78, 5) is 15.4. The molecule has 0 bridgehead atoms. The van der Waals surface area contributed by atoms with E-state index in [0.29, 0.717) is 53.7 Å². The van der Waals surface area contributed by atoms with Crippen molar-refractivity contribution in [2.24, 2.45) is 11.1 Å². The highest BCUT2D eigenvalue weighted by atomic mass is 35.5. The Morgan fingerprint density at radius 1 is 1.14 bits per heavy atom. The number of carbonyl (C=O) groups excluding carboxylic acids is 1. The summed E-state index contributed by atoms with van der Waals surface area (Å²) in [5.41, 5.74) is 9.48. The molecule has 0 saturated carbocycles. The molecule has 0 amide bonds. The lowest BCUT2D eigenvalue weighted by molar-refractivity contribution is -0.118. The Balaban J connectivity index is 1.76. The van der Waals surface area contributed by atoms with E-state index in [1.165, 1.54) is 0 Å². The van der Waals surface area contributed by atoms with Gasteiger partial charge in [-0.2, -0.15) is 5.26 Å². The molecule has 1 aliphatic heterocycles. The van der Waals surface area contributed by atoms with Crippen LogP contribution in [0.15, 0.2) is 59.1 Å². The number of allylic oxidation sites excluding steroid dienone is 3. The maximum Gasteiger partial charge on any atom is 0.162 e. The normalized spacial score (nSPS) is 19.1. The lowest BCUT2D eigenvalue weighted by atomic mass is 9.68. The number of carbonyl (C=O) groups is 1. The van der Waals surface area contributed by atoms with Crippen molar-refractivity contribution in [2.75, 3.05) is 20.3 Å². The largest absolute Gasteiger partial charge is 0.486 e. The van der Waals surface area contributed by atoms with Crippen molar-refractivity contribution in [3.8, 4) is 11.8 Å². The molecular formula is C28H28Cl3N3O3. The van der Waals surface area contributed by atoms with Gasteiger partial charge in [0.25, 0.3) is 0 Å². The van der Waals surface area contributed by atoms with Gasteiger partial charge in [0.05, 0.1) is 34.2 Å². The van der Waals surface area contributed by atoms with Gasteiger partial charge >= 0.3 is 0 Å². The van der Waals surface area contributed by atoms with Crippen LogP contribution in [-0.4, -0.2) is 30.9 Å². The van der Waals surface area contributed by atoms with E-state index in [2.05, 4.69) is 19.9 Å². The van der Waals surface area contributed by atoms with Gasteiger partial charge in [-0.25, -0.2) is 0 Å². The number of hydrogen-bond acceptors (Lipinski definition) is 6. The molecule has 0 unspecified atom stereocenters. The number of Topliss-reactive ketones (excluding diaryl/α,β-unsaturated/α-hetero) is 1. The van der Waals surface area contributed by atoms with Crippen molar-refractivity contribution in [3.63, 3.8) is 0 Å². The average molecular weight is 561 g/mol. The fourth-order valence-corrected chi connectivity index (χ4v) is 5.71. The summed E-state index contributed by atoms with van der Waals surface area (Å²) in [5, 5.41) is 11.3. The molecule has 1 atom stereocenters. The molecule has 2 aromatic carbocycles. The highest BCUT2D eigenvalue weighted by molar-refractivity contribution is 6.37. The fourth-order valence-electron chi connectivity index (χ4n) is 4.97. The van der Waals surface area contributed by atoms with E-state index in [1.54, 1.807) is 31.4 Å². The first-order valence-corrected chi connectivity index (χ1v) is 13.0. The van der Waals surface area contributed by atoms with Crippen LogP contribution < -0.4 is 10.5 Å². The number of halogens is 3. The first-order valence-electron chi connectivity index (χ1n) is 11.8. The number of ether oxygens (including phenoxy) is 2. The Kier molecular flexibility index (Phi) is 8.11. The minimum atomic E-state index is -0.678. The van der Waals surface area contributed by atoms with Crippen molar-refractivity contribution in [2.45, 2.75) is 39.2 Å². The van der Waals surface area contributed by atoms with Crippen LogP contribution >= 0.6 is 34.8 Å². The summed E-state index contributed by atoms with van der Waals surface area (Å²) < 4.78 is 11.2. The van der Waals surface area contributed by atoms with E-state index in [9.17, 15) is 10.1 Å². The van der Waals surface area contributed by atoms with E-state index in [4.69, 9.17) is 50.0 Å². The highest BCUT2D eigenvalue weighted by Gasteiger charge is 2.44. The van der Waals surface area contributed by atoms with Crippen molar-refractivity contribution in [1.29, 1.82) is 5.26 Å².